The van der Waals surface area contributed by atoms with Gasteiger partial charge in [-0.05, 0) is 24.3 Å². The Balaban J connectivity index is 1.95. The first-order chi connectivity index (χ1) is 11.2. The molecule has 7 nitrogen and oxygen atoms in total. The van der Waals surface area contributed by atoms with Gasteiger partial charge in [-0.1, -0.05) is 11.6 Å². The molecule has 0 saturated carbocycles. The third-order valence-electron chi connectivity index (χ3n) is 3.44. The van der Waals surface area contributed by atoms with Crippen molar-refractivity contribution in [3.63, 3.8) is 0 Å². The molecule has 1 aliphatic rings. The number of hydrogen-bond acceptors (Lipinski definition) is 7. The molecule has 3 rings (SSSR count). The largest absolute Gasteiger partial charge is 0.393 e. The van der Waals surface area contributed by atoms with Crippen LogP contribution in [0.5, 0.6) is 0 Å². The van der Waals surface area contributed by atoms with E-state index in [-0.39, 0.29) is 5.82 Å². The highest BCUT2D eigenvalue weighted by Crippen LogP contribution is 2.30. The lowest BCUT2D eigenvalue weighted by Crippen LogP contribution is -2.37. The zero-order valence-electron chi connectivity index (χ0n) is 12.3. The SMILES string of the molecule is N#Cc1nc(Nc2ccc(Cl)cc2)c(N)c(N2CCOCC2)n1. The van der Waals surface area contributed by atoms with Crippen molar-refractivity contribution in [3.8, 4) is 6.07 Å². The number of nitrogens with one attached hydrogen (secondary N) is 1. The summed E-state index contributed by atoms with van der Waals surface area (Å²) in [4.78, 5) is 10.4. The van der Waals surface area contributed by atoms with Crippen LogP contribution in [-0.2, 0) is 4.74 Å². The number of hydrogen-bond donors (Lipinski definition) is 2. The van der Waals surface area contributed by atoms with Gasteiger partial charge >= 0.3 is 0 Å². The molecule has 3 N–H and O–H groups in total. The predicted molar refractivity (Wildman–Crippen MR) is 88.9 cm³/mol. The molecule has 0 atom stereocenters. The number of anilines is 4. The summed E-state index contributed by atoms with van der Waals surface area (Å²) < 4.78 is 5.34. The zero-order chi connectivity index (χ0) is 16.2. The van der Waals surface area contributed by atoms with Crippen LogP contribution < -0.4 is 16.0 Å². The Bertz CT molecular complexity index is 737. The van der Waals surface area contributed by atoms with Crippen LogP contribution in [0.15, 0.2) is 24.3 Å². The Kier molecular flexibility index (Phi) is 4.46. The number of nitrogen functional groups attached to an aromatic ring is 1. The maximum atomic E-state index is 9.17. The van der Waals surface area contributed by atoms with Crippen LogP contribution in [0.2, 0.25) is 5.02 Å². The van der Waals surface area contributed by atoms with E-state index in [4.69, 9.17) is 22.1 Å². The van der Waals surface area contributed by atoms with E-state index in [0.29, 0.717) is 48.6 Å². The van der Waals surface area contributed by atoms with Crippen molar-refractivity contribution in [2.24, 2.45) is 0 Å². The first kappa shape index (κ1) is 15.3. The van der Waals surface area contributed by atoms with Crippen LogP contribution in [0.25, 0.3) is 0 Å². The first-order valence-electron chi connectivity index (χ1n) is 7.10. The molecule has 0 amide bonds. The van der Waals surface area contributed by atoms with Gasteiger partial charge in [0.1, 0.15) is 11.8 Å². The molecule has 0 unspecified atom stereocenters. The molecular weight excluding hydrogens is 316 g/mol. The Morgan fingerprint density at radius 1 is 1.22 bits per heavy atom. The smallest absolute Gasteiger partial charge is 0.236 e. The number of nitriles is 1. The quantitative estimate of drug-likeness (QED) is 0.889. The molecule has 0 spiro atoms. The number of nitrogens with zero attached hydrogens (tertiary/aromatic N) is 4. The van der Waals surface area contributed by atoms with E-state index >= 15 is 0 Å². The van der Waals surface area contributed by atoms with Crippen molar-refractivity contribution >= 4 is 34.6 Å². The van der Waals surface area contributed by atoms with Crippen LogP contribution in [-0.4, -0.2) is 36.3 Å². The fraction of sp³-hybridized carbons (Fsp3) is 0.267. The maximum Gasteiger partial charge on any atom is 0.236 e. The van der Waals surface area contributed by atoms with Crippen molar-refractivity contribution in [2.75, 3.05) is 42.3 Å². The third kappa shape index (κ3) is 3.44. The van der Waals surface area contributed by atoms with Gasteiger partial charge in [-0.15, -0.1) is 0 Å². The Hall–Kier alpha value is -2.56. The molecule has 1 aliphatic heterocycles. The lowest BCUT2D eigenvalue weighted by atomic mass is 10.3. The molecule has 8 heteroatoms. The standard InChI is InChI=1S/C15H15ClN6O/c16-10-1-3-11(4-2-10)19-14-13(18)15(21-12(9-17)20-14)22-5-7-23-8-6-22/h1-4H,5-8,18H2,(H,19,20,21). The van der Waals surface area contributed by atoms with Gasteiger partial charge in [-0.25, -0.2) is 0 Å². The van der Waals surface area contributed by atoms with Crippen LogP contribution in [0.4, 0.5) is 23.0 Å². The monoisotopic (exact) mass is 330 g/mol. The molecule has 1 saturated heterocycles. The molecular formula is C15H15ClN6O. The van der Waals surface area contributed by atoms with E-state index in [1.165, 1.54) is 0 Å². The van der Waals surface area contributed by atoms with E-state index in [1.54, 1.807) is 12.1 Å². The van der Waals surface area contributed by atoms with Crippen molar-refractivity contribution in [1.29, 1.82) is 5.26 Å². The molecule has 1 aromatic heterocycles. The summed E-state index contributed by atoms with van der Waals surface area (Å²) in [6.07, 6.45) is 0. The number of aromatic nitrogens is 2. The summed E-state index contributed by atoms with van der Waals surface area (Å²) in [5, 5.41) is 12.9. The average molecular weight is 331 g/mol. The van der Waals surface area contributed by atoms with Crippen molar-refractivity contribution in [2.45, 2.75) is 0 Å². The highest BCUT2D eigenvalue weighted by molar-refractivity contribution is 6.30. The molecule has 1 aromatic carbocycles. The van der Waals surface area contributed by atoms with E-state index in [0.717, 1.165) is 5.69 Å². The minimum absolute atomic E-state index is 0.0668. The van der Waals surface area contributed by atoms with Gasteiger partial charge in [-0.3, -0.25) is 0 Å². The first-order valence-corrected chi connectivity index (χ1v) is 7.48. The van der Waals surface area contributed by atoms with Crippen LogP contribution in [0, 0.1) is 11.3 Å². The van der Waals surface area contributed by atoms with Crippen LogP contribution in [0.3, 0.4) is 0 Å². The Morgan fingerprint density at radius 2 is 1.91 bits per heavy atom. The highest BCUT2D eigenvalue weighted by Gasteiger charge is 2.20. The summed E-state index contributed by atoms with van der Waals surface area (Å²) in [6.45, 7) is 2.55. The van der Waals surface area contributed by atoms with Crippen LogP contribution >= 0.6 is 11.6 Å². The topological polar surface area (TPSA) is 100 Å². The lowest BCUT2D eigenvalue weighted by Gasteiger charge is -2.29. The summed E-state index contributed by atoms with van der Waals surface area (Å²) in [5.41, 5.74) is 7.39. The molecule has 0 radical (unpaired) electrons. The number of ether oxygens (including phenoxy) is 1. The van der Waals surface area contributed by atoms with Gasteiger partial charge in [-0.2, -0.15) is 15.2 Å². The minimum atomic E-state index is 0.0668. The molecule has 2 aromatic rings. The molecule has 23 heavy (non-hydrogen) atoms. The van der Waals surface area contributed by atoms with Gasteiger partial charge in [0.15, 0.2) is 11.6 Å². The highest BCUT2D eigenvalue weighted by atomic mass is 35.5. The second-order valence-electron chi connectivity index (χ2n) is 4.98. The van der Waals surface area contributed by atoms with E-state index in [2.05, 4.69) is 15.3 Å². The fourth-order valence-electron chi connectivity index (χ4n) is 2.29. The van der Waals surface area contributed by atoms with Crippen molar-refractivity contribution < 1.29 is 4.74 Å². The van der Waals surface area contributed by atoms with Crippen LogP contribution in [0.1, 0.15) is 5.82 Å². The van der Waals surface area contributed by atoms with Gasteiger partial charge in [0.25, 0.3) is 0 Å². The minimum Gasteiger partial charge on any atom is -0.393 e. The second kappa shape index (κ2) is 6.69. The maximum absolute atomic E-state index is 9.17. The molecule has 0 aliphatic carbocycles. The number of nitrogens with two attached hydrogens (primary N) is 1. The van der Waals surface area contributed by atoms with Gasteiger partial charge in [0.05, 0.1) is 13.2 Å². The van der Waals surface area contributed by atoms with Crippen molar-refractivity contribution in [1.82, 2.24) is 9.97 Å². The fourth-order valence-corrected chi connectivity index (χ4v) is 2.41. The average Bonchev–Trinajstić information content (AvgIpc) is 2.59. The number of halogens is 1. The number of rotatable bonds is 3. The lowest BCUT2D eigenvalue weighted by molar-refractivity contribution is 0.122. The normalized spacial score (nSPS) is 14.3. The number of morpholine rings is 1. The number of benzene rings is 1. The van der Waals surface area contributed by atoms with Gasteiger partial charge in [0.2, 0.25) is 5.82 Å². The van der Waals surface area contributed by atoms with Gasteiger partial charge < -0.3 is 20.7 Å². The summed E-state index contributed by atoms with van der Waals surface area (Å²) in [7, 11) is 0. The summed E-state index contributed by atoms with van der Waals surface area (Å²) in [5.74, 6) is 1.02. The Morgan fingerprint density at radius 3 is 2.57 bits per heavy atom. The Labute approximate surface area is 138 Å². The second-order valence-corrected chi connectivity index (χ2v) is 5.41. The molecule has 0 bridgehead atoms. The zero-order valence-corrected chi connectivity index (χ0v) is 13.0. The molecule has 118 valence electrons. The van der Waals surface area contributed by atoms with Crippen molar-refractivity contribution in [3.05, 3.63) is 35.1 Å². The summed E-state index contributed by atoms with van der Waals surface area (Å²) >= 11 is 5.88. The molecule has 2 heterocycles. The summed E-state index contributed by atoms with van der Waals surface area (Å²) in [6, 6.07) is 9.11. The third-order valence-corrected chi connectivity index (χ3v) is 3.70. The van der Waals surface area contributed by atoms with E-state index < -0.39 is 0 Å². The van der Waals surface area contributed by atoms with Gasteiger partial charge in [0, 0.05) is 23.8 Å². The molecule has 1 fully saturated rings. The van der Waals surface area contributed by atoms with E-state index in [1.807, 2.05) is 23.1 Å². The predicted octanol–water partition coefficient (Wildman–Crippen LogP) is 2.16. The van der Waals surface area contributed by atoms with E-state index in [9.17, 15) is 5.26 Å².